The summed E-state index contributed by atoms with van der Waals surface area (Å²) in [6.07, 6.45) is -1.37. The molecule has 0 amide bonds. The van der Waals surface area contributed by atoms with Gasteiger partial charge < -0.3 is 10.6 Å². The molecule has 1 saturated heterocycles. The normalized spacial score (nSPS) is 19.6. The Labute approximate surface area is 121 Å². The number of hydrogen-bond acceptors (Lipinski definition) is 4. The Balaban J connectivity index is 2.34. The number of aromatic nitrogens is 2. The SMILES string of the molecule is NCC1CCCN1c1cnn(CC(F)(F)F)c(=O)c1Br. The van der Waals surface area contributed by atoms with Crippen LogP contribution < -0.4 is 16.2 Å². The smallest absolute Gasteiger partial charge is 0.365 e. The van der Waals surface area contributed by atoms with Crippen LogP contribution in [0.5, 0.6) is 0 Å². The molecule has 9 heteroatoms. The van der Waals surface area contributed by atoms with Crippen LogP contribution in [-0.4, -0.2) is 35.1 Å². The van der Waals surface area contributed by atoms with Crippen LogP contribution in [0.4, 0.5) is 18.9 Å². The van der Waals surface area contributed by atoms with Gasteiger partial charge in [0.05, 0.1) is 11.9 Å². The molecule has 1 atom stereocenters. The fourth-order valence-electron chi connectivity index (χ4n) is 2.34. The first-order chi connectivity index (χ1) is 9.33. The second kappa shape index (κ2) is 5.72. The molecule has 0 aromatic carbocycles. The molecule has 0 bridgehead atoms. The topological polar surface area (TPSA) is 64.2 Å². The van der Waals surface area contributed by atoms with E-state index in [1.807, 2.05) is 4.90 Å². The summed E-state index contributed by atoms with van der Waals surface area (Å²) in [5, 5.41) is 3.61. The van der Waals surface area contributed by atoms with E-state index in [9.17, 15) is 18.0 Å². The average molecular weight is 355 g/mol. The van der Waals surface area contributed by atoms with Gasteiger partial charge in [-0.1, -0.05) is 0 Å². The fraction of sp³-hybridized carbons (Fsp3) is 0.636. The summed E-state index contributed by atoms with van der Waals surface area (Å²) in [6.45, 7) is -0.256. The quantitative estimate of drug-likeness (QED) is 0.893. The molecule has 2 N–H and O–H groups in total. The summed E-state index contributed by atoms with van der Waals surface area (Å²) in [5.74, 6) is 0. The maximum atomic E-state index is 12.3. The molecule has 1 aliphatic heterocycles. The van der Waals surface area contributed by atoms with Crippen molar-refractivity contribution in [2.24, 2.45) is 5.73 Å². The van der Waals surface area contributed by atoms with Crippen LogP contribution in [0.1, 0.15) is 12.8 Å². The van der Waals surface area contributed by atoms with Crippen molar-refractivity contribution in [2.45, 2.75) is 31.6 Å². The van der Waals surface area contributed by atoms with Crippen molar-refractivity contribution < 1.29 is 13.2 Å². The van der Waals surface area contributed by atoms with Gasteiger partial charge in [0.1, 0.15) is 11.0 Å². The van der Waals surface area contributed by atoms with E-state index in [0.717, 1.165) is 12.8 Å². The maximum absolute atomic E-state index is 12.3. The van der Waals surface area contributed by atoms with E-state index in [-0.39, 0.29) is 10.5 Å². The molecule has 0 spiro atoms. The molecule has 0 saturated carbocycles. The van der Waals surface area contributed by atoms with E-state index in [0.29, 0.717) is 23.5 Å². The zero-order valence-electron chi connectivity index (χ0n) is 10.5. The highest BCUT2D eigenvalue weighted by Gasteiger charge is 2.31. The molecule has 20 heavy (non-hydrogen) atoms. The van der Waals surface area contributed by atoms with Gasteiger partial charge in [0, 0.05) is 19.1 Å². The molecule has 112 valence electrons. The molecule has 2 rings (SSSR count). The number of halogens is 4. The Hall–Kier alpha value is -1.09. The van der Waals surface area contributed by atoms with Crippen molar-refractivity contribution >= 4 is 21.6 Å². The number of rotatable bonds is 3. The highest BCUT2D eigenvalue weighted by molar-refractivity contribution is 9.10. The third-order valence-corrected chi connectivity index (χ3v) is 4.00. The lowest BCUT2D eigenvalue weighted by molar-refractivity contribution is -0.143. The highest BCUT2D eigenvalue weighted by Crippen LogP contribution is 2.29. The predicted molar refractivity (Wildman–Crippen MR) is 71.7 cm³/mol. The highest BCUT2D eigenvalue weighted by atomic mass is 79.9. The summed E-state index contributed by atoms with van der Waals surface area (Å²) in [6, 6.07) is 0.0889. The lowest BCUT2D eigenvalue weighted by atomic mass is 10.2. The van der Waals surface area contributed by atoms with Crippen LogP contribution in [0.2, 0.25) is 0 Å². The number of alkyl halides is 3. The third-order valence-electron chi connectivity index (χ3n) is 3.25. The molecule has 1 aliphatic rings. The Bertz CT molecular complexity index is 545. The second-order valence-corrected chi connectivity index (χ2v) is 5.44. The molecule has 0 aliphatic carbocycles. The van der Waals surface area contributed by atoms with Crippen molar-refractivity contribution in [1.29, 1.82) is 0 Å². The van der Waals surface area contributed by atoms with Gasteiger partial charge >= 0.3 is 6.18 Å². The van der Waals surface area contributed by atoms with Gasteiger partial charge in [0.2, 0.25) is 0 Å². The summed E-state index contributed by atoms with van der Waals surface area (Å²) < 4.78 is 37.5. The Morgan fingerprint density at radius 1 is 1.50 bits per heavy atom. The molecule has 1 aromatic heterocycles. The van der Waals surface area contributed by atoms with Crippen LogP contribution >= 0.6 is 15.9 Å². The average Bonchev–Trinajstić information content (AvgIpc) is 2.82. The minimum absolute atomic E-state index is 0.0889. The summed E-state index contributed by atoms with van der Waals surface area (Å²) in [7, 11) is 0. The number of anilines is 1. The third kappa shape index (κ3) is 3.14. The van der Waals surface area contributed by atoms with Gasteiger partial charge in [-0.15, -0.1) is 0 Å². The van der Waals surface area contributed by atoms with E-state index in [4.69, 9.17) is 5.73 Å². The minimum atomic E-state index is -4.48. The second-order valence-electron chi connectivity index (χ2n) is 4.65. The zero-order valence-corrected chi connectivity index (χ0v) is 12.1. The van der Waals surface area contributed by atoms with Gasteiger partial charge in [0.25, 0.3) is 5.56 Å². The molecular formula is C11H14BrF3N4O. The van der Waals surface area contributed by atoms with Crippen molar-refractivity contribution in [3.8, 4) is 0 Å². The molecule has 2 heterocycles. The van der Waals surface area contributed by atoms with Crippen molar-refractivity contribution in [2.75, 3.05) is 18.0 Å². The van der Waals surface area contributed by atoms with Gasteiger partial charge in [-0.05, 0) is 28.8 Å². The van der Waals surface area contributed by atoms with Gasteiger partial charge in [-0.2, -0.15) is 18.3 Å². The van der Waals surface area contributed by atoms with Crippen LogP contribution in [0.3, 0.4) is 0 Å². The van der Waals surface area contributed by atoms with E-state index < -0.39 is 18.3 Å². The Morgan fingerprint density at radius 3 is 2.80 bits per heavy atom. The molecule has 1 aromatic rings. The van der Waals surface area contributed by atoms with Gasteiger partial charge in [-0.3, -0.25) is 4.79 Å². The summed E-state index contributed by atoms with van der Waals surface area (Å²) in [4.78, 5) is 13.8. The van der Waals surface area contributed by atoms with E-state index in [1.54, 1.807) is 0 Å². The molecule has 0 radical (unpaired) electrons. The van der Waals surface area contributed by atoms with Crippen molar-refractivity contribution in [3.05, 3.63) is 21.0 Å². The number of nitrogens with two attached hydrogens (primary N) is 1. The Kier molecular flexibility index (Phi) is 4.38. The minimum Gasteiger partial charge on any atom is -0.365 e. The first-order valence-corrected chi connectivity index (χ1v) is 6.92. The van der Waals surface area contributed by atoms with Gasteiger partial charge in [-0.25, -0.2) is 4.68 Å². The fourth-order valence-corrected chi connectivity index (χ4v) is 2.87. The zero-order chi connectivity index (χ0) is 14.9. The number of nitrogens with zero attached hydrogens (tertiary/aromatic N) is 3. The predicted octanol–water partition coefficient (Wildman–Crippen LogP) is 1.50. The summed E-state index contributed by atoms with van der Waals surface area (Å²) in [5.41, 5.74) is 5.37. The van der Waals surface area contributed by atoms with Crippen LogP contribution in [0.25, 0.3) is 0 Å². The van der Waals surface area contributed by atoms with Crippen LogP contribution in [-0.2, 0) is 6.54 Å². The number of hydrogen-bond donors (Lipinski definition) is 1. The lowest BCUT2D eigenvalue weighted by Gasteiger charge is -2.26. The van der Waals surface area contributed by atoms with E-state index in [1.165, 1.54) is 6.20 Å². The van der Waals surface area contributed by atoms with Crippen LogP contribution in [0.15, 0.2) is 15.5 Å². The van der Waals surface area contributed by atoms with Gasteiger partial charge in [0.15, 0.2) is 0 Å². The molecule has 5 nitrogen and oxygen atoms in total. The maximum Gasteiger partial charge on any atom is 0.408 e. The summed E-state index contributed by atoms with van der Waals surface area (Å²) >= 11 is 3.08. The largest absolute Gasteiger partial charge is 0.408 e. The Morgan fingerprint density at radius 2 is 2.20 bits per heavy atom. The van der Waals surface area contributed by atoms with Crippen molar-refractivity contribution in [1.82, 2.24) is 9.78 Å². The first kappa shape index (κ1) is 15.3. The lowest BCUT2D eigenvalue weighted by Crippen LogP contribution is -2.38. The molecule has 1 unspecified atom stereocenters. The van der Waals surface area contributed by atoms with Crippen molar-refractivity contribution in [3.63, 3.8) is 0 Å². The molecule has 1 fully saturated rings. The first-order valence-electron chi connectivity index (χ1n) is 6.12. The standard InChI is InChI=1S/C11H14BrF3N4O/c12-9-8(18-3-1-2-7(18)4-16)5-17-19(10(9)20)6-11(13,14)15/h5,7H,1-4,6,16H2. The molecular weight excluding hydrogens is 341 g/mol. The van der Waals surface area contributed by atoms with Crippen LogP contribution in [0, 0.1) is 0 Å². The van der Waals surface area contributed by atoms with E-state index in [2.05, 4.69) is 21.0 Å². The van der Waals surface area contributed by atoms with E-state index >= 15 is 0 Å². The monoisotopic (exact) mass is 354 g/mol.